The zero-order valence-corrected chi connectivity index (χ0v) is 15.3. The van der Waals surface area contributed by atoms with Gasteiger partial charge in [0.25, 0.3) is 0 Å². The molecule has 0 fully saturated rings. The van der Waals surface area contributed by atoms with Gasteiger partial charge in [0.2, 0.25) is 0 Å². The fourth-order valence-electron chi connectivity index (χ4n) is 2.28. The maximum atomic E-state index is 12.0. The molecule has 2 N–H and O–H groups in total. The van der Waals surface area contributed by atoms with E-state index >= 15 is 0 Å². The number of carbonyl (C=O) groups is 2. The van der Waals surface area contributed by atoms with Gasteiger partial charge in [0.15, 0.2) is 5.78 Å². The Labute approximate surface area is 149 Å². The highest BCUT2D eigenvalue weighted by atomic mass is 16.5. The summed E-state index contributed by atoms with van der Waals surface area (Å²) in [7, 11) is 1.88. The van der Waals surface area contributed by atoms with Crippen LogP contribution in [0.5, 0.6) is 0 Å². The van der Waals surface area contributed by atoms with Gasteiger partial charge in [-0.2, -0.15) is 0 Å². The first-order valence-electron chi connectivity index (χ1n) is 8.60. The van der Waals surface area contributed by atoms with E-state index in [1.165, 1.54) is 13.8 Å². The van der Waals surface area contributed by atoms with Crippen LogP contribution in [0.4, 0.5) is 5.69 Å². The molecule has 0 aliphatic rings. The van der Waals surface area contributed by atoms with E-state index in [0.717, 1.165) is 18.5 Å². The highest BCUT2D eigenvalue weighted by Gasteiger charge is 2.25. The molecular formula is C19H29NO5. The topological polar surface area (TPSA) is 87.1 Å². The van der Waals surface area contributed by atoms with Crippen LogP contribution in [0.1, 0.15) is 49.9 Å². The second-order valence-electron chi connectivity index (χ2n) is 6.61. The van der Waals surface area contributed by atoms with E-state index in [0.29, 0.717) is 31.6 Å². The normalized spacial score (nSPS) is 11.2. The molecule has 0 aliphatic carbocycles. The SMILES string of the molecule is CN(CCOC(=O)CCCCCO)c1ccc(C(=O)C(C)(C)O)cc1. The Kier molecular flexibility index (Phi) is 8.58. The van der Waals surface area contributed by atoms with Crippen molar-refractivity contribution in [1.29, 1.82) is 0 Å². The number of aliphatic hydroxyl groups is 2. The fraction of sp³-hybridized carbons (Fsp3) is 0.579. The lowest BCUT2D eigenvalue weighted by atomic mass is 9.97. The minimum atomic E-state index is -1.39. The van der Waals surface area contributed by atoms with Crippen LogP contribution < -0.4 is 4.90 Å². The number of hydrogen-bond donors (Lipinski definition) is 2. The second-order valence-corrected chi connectivity index (χ2v) is 6.61. The van der Waals surface area contributed by atoms with Gasteiger partial charge in [-0.25, -0.2) is 0 Å². The van der Waals surface area contributed by atoms with Crippen molar-refractivity contribution in [1.82, 2.24) is 0 Å². The van der Waals surface area contributed by atoms with Gasteiger partial charge in [0.05, 0.1) is 6.54 Å². The molecule has 0 saturated carbocycles. The van der Waals surface area contributed by atoms with Gasteiger partial charge in [-0.05, 0) is 51.0 Å². The Hall–Kier alpha value is -1.92. The fourth-order valence-corrected chi connectivity index (χ4v) is 2.28. The molecular weight excluding hydrogens is 322 g/mol. The first kappa shape index (κ1) is 21.1. The zero-order chi connectivity index (χ0) is 18.9. The Morgan fingerprint density at radius 2 is 1.76 bits per heavy atom. The summed E-state index contributed by atoms with van der Waals surface area (Å²) in [6, 6.07) is 6.96. The van der Waals surface area contributed by atoms with Crippen molar-refractivity contribution in [2.24, 2.45) is 0 Å². The maximum absolute atomic E-state index is 12.0. The Morgan fingerprint density at radius 1 is 1.12 bits per heavy atom. The number of Topliss-reactive ketones (excluding diaryl/α,β-unsaturated/α-hetero) is 1. The number of nitrogens with zero attached hydrogens (tertiary/aromatic N) is 1. The minimum absolute atomic E-state index is 0.153. The molecule has 0 heterocycles. The lowest BCUT2D eigenvalue weighted by molar-refractivity contribution is -0.143. The smallest absolute Gasteiger partial charge is 0.305 e. The van der Waals surface area contributed by atoms with Gasteiger partial charge < -0.3 is 19.8 Å². The van der Waals surface area contributed by atoms with Crippen molar-refractivity contribution in [3.8, 4) is 0 Å². The number of aliphatic hydroxyl groups excluding tert-OH is 1. The maximum Gasteiger partial charge on any atom is 0.305 e. The highest BCUT2D eigenvalue weighted by molar-refractivity contribution is 6.01. The first-order chi connectivity index (χ1) is 11.8. The number of ketones is 1. The van der Waals surface area contributed by atoms with Crippen molar-refractivity contribution in [2.45, 2.75) is 45.1 Å². The highest BCUT2D eigenvalue weighted by Crippen LogP contribution is 2.17. The van der Waals surface area contributed by atoms with E-state index in [2.05, 4.69) is 0 Å². The molecule has 1 rings (SSSR count). The van der Waals surface area contributed by atoms with Crippen LogP contribution in [0.25, 0.3) is 0 Å². The molecule has 0 spiro atoms. The van der Waals surface area contributed by atoms with Crippen LogP contribution in [0.2, 0.25) is 0 Å². The summed E-state index contributed by atoms with van der Waals surface area (Å²) in [6.45, 7) is 3.92. The molecule has 140 valence electrons. The number of anilines is 1. The van der Waals surface area contributed by atoms with E-state index < -0.39 is 5.60 Å². The Bertz CT molecular complexity index is 548. The molecule has 0 bridgehead atoms. The third-order valence-electron chi connectivity index (χ3n) is 3.85. The third-order valence-corrected chi connectivity index (χ3v) is 3.85. The van der Waals surface area contributed by atoms with Crippen LogP contribution in [-0.2, 0) is 9.53 Å². The molecule has 0 saturated heterocycles. The lowest BCUT2D eigenvalue weighted by Crippen LogP contribution is -2.31. The molecule has 0 amide bonds. The van der Waals surface area contributed by atoms with Crippen LogP contribution in [0.15, 0.2) is 24.3 Å². The molecule has 0 aliphatic heterocycles. The molecule has 0 atom stereocenters. The molecule has 0 unspecified atom stereocenters. The minimum Gasteiger partial charge on any atom is -0.464 e. The summed E-state index contributed by atoms with van der Waals surface area (Å²) in [5.74, 6) is -0.547. The van der Waals surface area contributed by atoms with Crippen molar-refractivity contribution in [3.05, 3.63) is 29.8 Å². The number of ether oxygens (including phenoxy) is 1. The largest absolute Gasteiger partial charge is 0.464 e. The van der Waals surface area contributed by atoms with Crippen LogP contribution in [0.3, 0.4) is 0 Å². The summed E-state index contributed by atoms with van der Waals surface area (Å²) < 4.78 is 5.19. The molecule has 6 heteroatoms. The van der Waals surface area contributed by atoms with Crippen LogP contribution >= 0.6 is 0 Å². The number of hydrogen-bond acceptors (Lipinski definition) is 6. The van der Waals surface area contributed by atoms with Gasteiger partial charge in [-0.15, -0.1) is 0 Å². The summed E-state index contributed by atoms with van der Waals surface area (Å²) in [5, 5.41) is 18.4. The van der Waals surface area contributed by atoms with Crippen molar-refractivity contribution >= 4 is 17.4 Å². The van der Waals surface area contributed by atoms with Crippen LogP contribution in [0, 0.1) is 0 Å². The molecule has 25 heavy (non-hydrogen) atoms. The van der Waals surface area contributed by atoms with Gasteiger partial charge in [0, 0.05) is 31.3 Å². The number of carbonyl (C=O) groups excluding carboxylic acids is 2. The quantitative estimate of drug-likeness (QED) is 0.361. The number of unbranched alkanes of at least 4 members (excludes halogenated alkanes) is 2. The van der Waals surface area contributed by atoms with Crippen LogP contribution in [-0.4, -0.2) is 54.4 Å². The van der Waals surface area contributed by atoms with Crippen molar-refractivity contribution in [3.63, 3.8) is 0 Å². The predicted octanol–water partition coefficient (Wildman–Crippen LogP) is 2.17. The molecule has 0 radical (unpaired) electrons. The molecule has 1 aromatic rings. The van der Waals surface area contributed by atoms with E-state index in [1.807, 2.05) is 11.9 Å². The zero-order valence-electron chi connectivity index (χ0n) is 15.3. The summed E-state index contributed by atoms with van der Waals surface area (Å²) in [6.07, 6.45) is 2.63. The van der Waals surface area contributed by atoms with Crippen molar-refractivity contribution < 1.29 is 24.5 Å². The molecule has 6 nitrogen and oxygen atoms in total. The molecule has 0 aromatic heterocycles. The Balaban J connectivity index is 2.39. The monoisotopic (exact) mass is 351 g/mol. The number of likely N-dealkylation sites (N-methyl/N-ethyl adjacent to an activating group) is 1. The van der Waals surface area contributed by atoms with E-state index in [1.54, 1.807) is 24.3 Å². The van der Waals surface area contributed by atoms with E-state index in [-0.39, 0.29) is 18.4 Å². The van der Waals surface area contributed by atoms with E-state index in [4.69, 9.17) is 9.84 Å². The first-order valence-corrected chi connectivity index (χ1v) is 8.60. The predicted molar refractivity (Wildman–Crippen MR) is 96.9 cm³/mol. The summed E-state index contributed by atoms with van der Waals surface area (Å²) >= 11 is 0. The molecule has 1 aromatic carbocycles. The summed E-state index contributed by atoms with van der Waals surface area (Å²) in [4.78, 5) is 25.5. The number of rotatable bonds is 11. The number of benzene rings is 1. The summed E-state index contributed by atoms with van der Waals surface area (Å²) in [5.41, 5.74) is -0.0380. The second kappa shape index (κ2) is 10.2. The average molecular weight is 351 g/mol. The number of esters is 1. The van der Waals surface area contributed by atoms with E-state index in [9.17, 15) is 14.7 Å². The van der Waals surface area contributed by atoms with Gasteiger partial charge in [-0.1, -0.05) is 6.42 Å². The van der Waals surface area contributed by atoms with Gasteiger partial charge >= 0.3 is 5.97 Å². The Morgan fingerprint density at radius 3 is 2.32 bits per heavy atom. The lowest BCUT2D eigenvalue weighted by Gasteiger charge is -2.20. The van der Waals surface area contributed by atoms with Gasteiger partial charge in [-0.3, -0.25) is 9.59 Å². The third kappa shape index (κ3) is 7.67. The average Bonchev–Trinajstić information content (AvgIpc) is 2.57. The van der Waals surface area contributed by atoms with Crippen molar-refractivity contribution in [2.75, 3.05) is 31.7 Å². The standard InChI is InChI=1S/C19H29NO5/c1-19(2,24)18(23)15-8-10-16(11-9-15)20(3)12-14-25-17(22)7-5-4-6-13-21/h8-11,21,24H,4-7,12-14H2,1-3H3. The van der Waals surface area contributed by atoms with Gasteiger partial charge in [0.1, 0.15) is 12.2 Å².